The highest BCUT2D eigenvalue weighted by molar-refractivity contribution is 5.79. The van der Waals surface area contributed by atoms with Gasteiger partial charge in [-0.3, -0.25) is 4.79 Å². The first kappa shape index (κ1) is 12.9. The van der Waals surface area contributed by atoms with Gasteiger partial charge in [0.05, 0.1) is 25.2 Å². The van der Waals surface area contributed by atoms with Gasteiger partial charge in [-0.1, -0.05) is 12.1 Å². The monoisotopic (exact) mass is 249 g/mol. The van der Waals surface area contributed by atoms with Crippen molar-refractivity contribution >= 4 is 5.91 Å². The fourth-order valence-corrected chi connectivity index (χ4v) is 1.87. The highest BCUT2D eigenvalue weighted by Crippen LogP contribution is 2.34. The van der Waals surface area contributed by atoms with Gasteiger partial charge in [0.25, 0.3) is 0 Å². The second-order valence-electron chi connectivity index (χ2n) is 4.74. The summed E-state index contributed by atoms with van der Waals surface area (Å²) in [5.74, 6) is 0.779. The Labute approximate surface area is 107 Å². The average Bonchev–Trinajstić information content (AvgIpc) is 3.12. The van der Waals surface area contributed by atoms with Crippen molar-refractivity contribution in [1.82, 2.24) is 5.32 Å². The van der Waals surface area contributed by atoms with E-state index < -0.39 is 0 Å². The Bertz CT molecular complexity index is 410. The van der Waals surface area contributed by atoms with E-state index in [1.165, 1.54) is 0 Å². The summed E-state index contributed by atoms with van der Waals surface area (Å²) in [6.45, 7) is 2.60. The quantitative estimate of drug-likeness (QED) is 0.798. The lowest BCUT2D eigenvalue weighted by Gasteiger charge is -2.14. The Morgan fingerprint density at radius 1 is 1.39 bits per heavy atom. The zero-order valence-electron chi connectivity index (χ0n) is 10.6. The van der Waals surface area contributed by atoms with Crippen molar-refractivity contribution in [3.63, 3.8) is 0 Å². The van der Waals surface area contributed by atoms with Crippen LogP contribution in [-0.4, -0.2) is 29.8 Å². The van der Waals surface area contributed by atoms with Gasteiger partial charge in [0.1, 0.15) is 5.75 Å². The van der Waals surface area contributed by atoms with Gasteiger partial charge >= 0.3 is 0 Å². The molecule has 18 heavy (non-hydrogen) atoms. The summed E-state index contributed by atoms with van der Waals surface area (Å²) in [6, 6.07) is 7.52. The number of hydrogen-bond acceptors (Lipinski definition) is 3. The number of aliphatic hydroxyl groups excluding tert-OH is 1. The van der Waals surface area contributed by atoms with Crippen LogP contribution in [0, 0.1) is 0 Å². The van der Waals surface area contributed by atoms with Gasteiger partial charge in [-0.15, -0.1) is 0 Å². The number of aliphatic hydroxyl groups is 1. The van der Waals surface area contributed by atoms with Crippen molar-refractivity contribution in [3.8, 4) is 5.75 Å². The molecule has 0 bridgehead atoms. The molecule has 1 fully saturated rings. The SMILES string of the molecule is CCOc1ccc(CC(=O)NC2(CO)CC2)cc1. The maximum absolute atomic E-state index is 11.8. The second-order valence-corrected chi connectivity index (χ2v) is 4.74. The van der Waals surface area contributed by atoms with Crippen LogP contribution in [-0.2, 0) is 11.2 Å². The predicted molar refractivity (Wildman–Crippen MR) is 68.5 cm³/mol. The molecule has 0 saturated heterocycles. The maximum Gasteiger partial charge on any atom is 0.224 e. The molecule has 2 rings (SSSR count). The molecule has 0 spiro atoms. The lowest BCUT2D eigenvalue weighted by atomic mass is 10.1. The lowest BCUT2D eigenvalue weighted by molar-refractivity contribution is -0.121. The molecule has 1 amide bonds. The fraction of sp³-hybridized carbons (Fsp3) is 0.500. The van der Waals surface area contributed by atoms with E-state index >= 15 is 0 Å². The standard InChI is InChI=1S/C14H19NO3/c1-2-18-12-5-3-11(4-6-12)9-13(17)15-14(10-16)7-8-14/h3-6,16H,2,7-10H2,1H3,(H,15,17). The van der Waals surface area contributed by atoms with E-state index in [0.717, 1.165) is 24.2 Å². The normalized spacial score (nSPS) is 16.1. The van der Waals surface area contributed by atoms with Gasteiger partial charge in [-0.25, -0.2) is 0 Å². The van der Waals surface area contributed by atoms with E-state index in [1.807, 2.05) is 31.2 Å². The zero-order valence-corrected chi connectivity index (χ0v) is 10.6. The zero-order chi connectivity index (χ0) is 13.0. The number of amides is 1. The van der Waals surface area contributed by atoms with Gasteiger partial charge in [0.2, 0.25) is 5.91 Å². The summed E-state index contributed by atoms with van der Waals surface area (Å²) < 4.78 is 5.34. The van der Waals surface area contributed by atoms with Crippen LogP contribution in [0.25, 0.3) is 0 Å². The van der Waals surface area contributed by atoms with Crippen LogP contribution >= 0.6 is 0 Å². The number of carbonyl (C=O) groups is 1. The number of rotatable bonds is 6. The van der Waals surface area contributed by atoms with E-state index in [1.54, 1.807) is 0 Å². The molecule has 0 heterocycles. The van der Waals surface area contributed by atoms with Crippen LogP contribution in [0.4, 0.5) is 0 Å². The molecule has 1 aromatic rings. The molecule has 2 N–H and O–H groups in total. The largest absolute Gasteiger partial charge is 0.494 e. The third-order valence-corrected chi connectivity index (χ3v) is 3.16. The third-order valence-electron chi connectivity index (χ3n) is 3.16. The Kier molecular flexibility index (Phi) is 3.87. The van der Waals surface area contributed by atoms with Gasteiger partial charge in [-0.2, -0.15) is 0 Å². The molecule has 98 valence electrons. The molecular formula is C14H19NO3. The van der Waals surface area contributed by atoms with Gasteiger partial charge in [0, 0.05) is 0 Å². The number of carbonyl (C=O) groups excluding carboxylic acids is 1. The smallest absolute Gasteiger partial charge is 0.224 e. The first-order valence-electron chi connectivity index (χ1n) is 6.31. The Hall–Kier alpha value is -1.55. The Morgan fingerprint density at radius 3 is 2.56 bits per heavy atom. The van der Waals surface area contributed by atoms with E-state index in [0.29, 0.717) is 13.0 Å². The van der Waals surface area contributed by atoms with Crippen molar-refractivity contribution in [2.24, 2.45) is 0 Å². The van der Waals surface area contributed by atoms with Gasteiger partial charge in [0.15, 0.2) is 0 Å². The first-order chi connectivity index (χ1) is 8.67. The predicted octanol–water partition coefficient (Wildman–Crippen LogP) is 1.27. The summed E-state index contributed by atoms with van der Waals surface area (Å²) in [7, 11) is 0. The molecule has 0 aromatic heterocycles. The van der Waals surface area contributed by atoms with E-state index in [9.17, 15) is 4.79 Å². The van der Waals surface area contributed by atoms with Crippen LogP contribution in [0.1, 0.15) is 25.3 Å². The van der Waals surface area contributed by atoms with Crippen molar-refractivity contribution in [2.75, 3.05) is 13.2 Å². The summed E-state index contributed by atoms with van der Waals surface area (Å²) in [6.07, 6.45) is 2.09. The molecule has 0 radical (unpaired) electrons. The van der Waals surface area contributed by atoms with Crippen LogP contribution in [0.2, 0.25) is 0 Å². The summed E-state index contributed by atoms with van der Waals surface area (Å²) in [5, 5.41) is 12.0. The minimum absolute atomic E-state index is 0.0298. The molecule has 1 aromatic carbocycles. The minimum Gasteiger partial charge on any atom is -0.494 e. The Morgan fingerprint density at radius 2 is 2.06 bits per heavy atom. The Balaban J connectivity index is 1.87. The molecule has 1 aliphatic rings. The summed E-state index contributed by atoms with van der Waals surface area (Å²) >= 11 is 0. The molecule has 0 atom stereocenters. The second kappa shape index (κ2) is 5.40. The van der Waals surface area contributed by atoms with Crippen LogP contribution in [0.15, 0.2) is 24.3 Å². The maximum atomic E-state index is 11.8. The van der Waals surface area contributed by atoms with E-state index in [-0.39, 0.29) is 18.1 Å². The molecule has 1 aliphatic carbocycles. The number of benzene rings is 1. The highest BCUT2D eigenvalue weighted by atomic mass is 16.5. The first-order valence-corrected chi connectivity index (χ1v) is 6.31. The highest BCUT2D eigenvalue weighted by Gasteiger charge is 2.43. The number of ether oxygens (including phenoxy) is 1. The molecule has 0 unspecified atom stereocenters. The van der Waals surface area contributed by atoms with Gasteiger partial charge in [-0.05, 0) is 37.5 Å². The summed E-state index contributed by atoms with van der Waals surface area (Å²) in [4.78, 5) is 11.8. The topological polar surface area (TPSA) is 58.6 Å². The molecule has 4 nitrogen and oxygen atoms in total. The van der Waals surface area contributed by atoms with Crippen molar-refractivity contribution in [3.05, 3.63) is 29.8 Å². The fourth-order valence-electron chi connectivity index (χ4n) is 1.87. The van der Waals surface area contributed by atoms with E-state index in [4.69, 9.17) is 9.84 Å². The van der Waals surface area contributed by atoms with Crippen LogP contribution in [0.5, 0.6) is 5.75 Å². The van der Waals surface area contributed by atoms with Gasteiger partial charge < -0.3 is 15.2 Å². The number of nitrogens with one attached hydrogen (secondary N) is 1. The molecule has 0 aliphatic heterocycles. The van der Waals surface area contributed by atoms with Crippen LogP contribution < -0.4 is 10.1 Å². The van der Waals surface area contributed by atoms with E-state index in [2.05, 4.69) is 5.32 Å². The lowest BCUT2D eigenvalue weighted by Crippen LogP contribution is -2.40. The molecular weight excluding hydrogens is 230 g/mol. The number of hydrogen-bond donors (Lipinski definition) is 2. The van der Waals surface area contributed by atoms with Crippen molar-refractivity contribution in [1.29, 1.82) is 0 Å². The average molecular weight is 249 g/mol. The summed E-state index contributed by atoms with van der Waals surface area (Å²) in [5.41, 5.74) is 0.618. The van der Waals surface area contributed by atoms with Crippen molar-refractivity contribution < 1.29 is 14.6 Å². The molecule has 1 saturated carbocycles. The third kappa shape index (κ3) is 3.23. The minimum atomic E-state index is -0.331. The molecule has 4 heteroatoms. The van der Waals surface area contributed by atoms with Crippen molar-refractivity contribution in [2.45, 2.75) is 31.7 Å². The van der Waals surface area contributed by atoms with Crippen LogP contribution in [0.3, 0.4) is 0 Å².